The van der Waals surface area contributed by atoms with Crippen molar-refractivity contribution in [2.45, 2.75) is 6.92 Å². The Kier molecular flexibility index (Phi) is 4.61. The summed E-state index contributed by atoms with van der Waals surface area (Å²) >= 11 is 0. The second kappa shape index (κ2) is 4.96. The van der Waals surface area contributed by atoms with Gasteiger partial charge in [0.25, 0.3) is 0 Å². The maximum Gasteiger partial charge on any atom is 0.316 e. The van der Waals surface area contributed by atoms with Gasteiger partial charge in [-0.1, -0.05) is 6.92 Å². The van der Waals surface area contributed by atoms with E-state index in [0.717, 1.165) is 0 Å². The topological polar surface area (TPSA) is 58.4 Å². The summed E-state index contributed by atoms with van der Waals surface area (Å²) in [6.45, 7) is 3.33. The van der Waals surface area contributed by atoms with Crippen LogP contribution < -0.4 is 11.1 Å². The maximum absolute atomic E-state index is 10.9. The number of carbonyl (C=O) groups is 1. The fourth-order valence-electron chi connectivity index (χ4n) is 0.816. The van der Waals surface area contributed by atoms with Crippen molar-refractivity contribution in [3.05, 3.63) is 0 Å². The van der Waals surface area contributed by atoms with Gasteiger partial charge in [0, 0.05) is 20.6 Å². The molecule has 3 N–H and O–H groups in total. The van der Waals surface area contributed by atoms with Crippen LogP contribution in [0.5, 0.6) is 0 Å². The number of nitrogens with zero attached hydrogens (tertiary/aromatic N) is 1. The summed E-state index contributed by atoms with van der Waals surface area (Å²) in [7, 11) is 3.37. The van der Waals surface area contributed by atoms with Gasteiger partial charge in [0.05, 0.1) is 0 Å². The minimum Gasteiger partial charge on any atom is -0.341 e. The molecular formula is C7H17N3O. The number of nitrogens with one attached hydrogen (secondary N) is 1. The van der Waals surface area contributed by atoms with E-state index in [0.29, 0.717) is 19.0 Å². The van der Waals surface area contributed by atoms with Gasteiger partial charge in [0.1, 0.15) is 0 Å². The number of nitrogens with two attached hydrogens (primary N) is 1. The Morgan fingerprint density at radius 1 is 1.73 bits per heavy atom. The van der Waals surface area contributed by atoms with Crippen LogP contribution >= 0.6 is 0 Å². The zero-order valence-corrected chi connectivity index (χ0v) is 7.42. The molecule has 0 heterocycles. The van der Waals surface area contributed by atoms with Gasteiger partial charge in [-0.05, 0) is 12.5 Å². The molecule has 0 aliphatic rings. The lowest BCUT2D eigenvalue weighted by Crippen LogP contribution is -2.38. The van der Waals surface area contributed by atoms with E-state index < -0.39 is 0 Å². The van der Waals surface area contributed by atoms with Crippen LogP contribution in [0.25, 0.3) is 0 Å². The standard InChI is InChI=1S/C7H17N3O/c1-6(4-8)5-10(3)7(11)9-2/h6H,4-5,8H2,1-3H3,(H,9,11). The van der Waals surface area contributed by atoms with Crippen molar-refractivity contribution >= 4 is 6.03 Å². The Labute approximate surface area is 67.7 Å². The number of hydrogen-bond donors (Lipinski definition) is 2. The zero-order valence-electron chi connectivity index (χ0n) is 7.42. The first-order chi connectivity index (χ1) is 5.11. The summed E-state index contributed by atoms with van der Waals surface area (Å²) in [5.74, 6) is 0.359. The highest BCUT2D eigenvalue weighted by molar-refractivity contribution is 5.73. The van der Waals surface area contributed by atoms with Crippen molar-refractivity contribution < 1.29 is 4.79 Å². The molecule has 0 aromatic carbocycles. The molecule has 1 atom stereocenters. The summed E-state index contributed by atoms with van der Waals surface area (Å²) < 4.78 is 0. The fraction of sp³-hybridized carbons (Fsp3) is 0.857. The first-order valence-corrected chi connectivity index (χ1v) is 3.74. The first-order valence-electron chi connectivity index (χ1n) is 3.74. The lowest BCUT2D eigenvalue weighted by molar-refractivity contribution is 0.205. The zero-order chi connectivity index (χ0) is 8.85. The van der Waals surface area contributed by atoms with Gasteiger partial charge in [-0.3, -0.25) is 0 Å². The SMILES string of the molecule is CNC(=O)N(C)CC(C)CN. The normalized spacial score (nSPS) is 12.4. The van der Waals surface area contributed by atoms with Crippen molar-refractivity contribution in [3.63, 3.8) is 0 Å². The minimum atomic E-state index is -0.0645. The van der Waals surface area contributed by atoms with E-state index in [4.69, 9.17) is 5.73 Å². The van der Waals surface area contributed by atoms with Crippen LogP contribution in [0.15, 0.2) is 0 Å². The van der Waals surface area contributed by atoms with E-state index in [-0.39, 0.29) is 6.03 Å². The molecule has 0 fully saturated rings. The molecule has 66 valence electrons. The van der Waals surface area contributed by atoms with Crippen LogP contribution in [0, 0.1) is 5.92 Å². The van der Waals surface area contributed by atoms with Crippen LogP contribution in [0.4, 0.5) is 4.79 Å². The quantitative estimate of drug-likeness (QED) is 0.602. The number of rotatable bonds is 3. The molecule has 11 heavy (non-hydrogen) atoms. The van der Waals surface area contributed by atoms with E-state index in [1.165, 1.54) is 0 Å². The fourth-order valence-corrected chi connectivity index (χ4v) is 0.816. The minimum absolute atomic E-state index is 0.0645. The predicted octanol–water partition coefficient (Wildman–Crippen LogP) is -0.148. The van der Waals surface area contributed by atoms with Gasteiger partial charge in [0.2, 0.25) is 0 Å². The van der Waals surface area contributed by atoms with Crippen molar-refractivity contribution in [1.82, 2.24) is 10.2 Å². The Balaban J connectivity index is 3.67. The molecule has 4 heteroatoms. The molecule has 0 aliphatic carbocycles. The summed E-state index contributed by atoms with van der Waals surface area (Å²) in [5.41, 5.74) is 5.40. The number of hydrogen-bond acceptors (Lipinski definition) is 2. The molecule has 0 aromatic rings. The second-order valence-corrected chi connectivity index (χ2v) is 2.78. The highest BCUT2D eigenvalue weighted by atomic mass is 16.2. The highest BCUT2D eigenvalue weighted by Crippen LogP contribution is 1.94. The third-order valence-corrected chi connectivity index (χ3v) is 1.55. The molecule has 0 aromatic heterocycles. The van der Waals surface area contributed by atoms with Gasteiger partial charge in [-0.2, -0.15) is 0 Å². The molecule has 0 radical (unpaired) electrons. The Morgan fingerprint density at radius 3 is 2.64 bits per heavy atom. The first kappa shape index (κ1) is 10.2. The van der Waals surface area contributed by atoms with Crippen molar-refractivity contribution in [2.24, 2.45) is 11.7 Å². The molecule has 1 unspecified atom stereocenters. The summed E-state index contributed by atoms with van der Waals surface area (Å²) in [6.07, 6.45) is 0. The Hall–Kier alpha value is -0.770. The molecule has 0 rings (SSSR count). The van der Waals surface area contributed by atoms with Crippen LogP contribution in [0.2, 0.25) is 0 Å². The van der Waals surface area contributed by atoms with Gasteiger partial charge in [-0.25, -0.2) is 4.79 Å². The van der Waals surface area contributed by atoms with Crippen LogP contribution in [0.3, 0.4) is 0 Å². The van der Waals surface area contributed by atoms with Crippen LogP contribution in [0.1, 0.15) is 6.92 Å². The lowest BCUT2D eigenvalue weighted by atomic mass is 10.2. The number of urea groups is 1. The number of carbonyl (C=O) groups excluding carboxylic acids is 1. The molecule has 0 saturated carbocycles. The molecule has 0 bridgehead atoms. The van der Waals surface area contributed by atoms with E-state index >= 15 is 0 Å². The third-order valence-electron chi connectivity index (χ3n) is 1.55. The summed E-state index contributed by atoms with van der Waals surface area (Å²) in [4.78, 5) is 12.6. The van der Waals surface area contributed by atoms with E-state index in [1.54, 1.807) is 19.0 Å². The Morgan fingerprint density at radius 2 is 2.27 bits per heavy atom. The van der Waals surface area contributed by atoms with Crippen molar-refractivity contribution in [1.29, 1.82) is 0 Å². The number of amides is 2. The third kappa shape index (κ3) is 3.83. The predicted molar refractivity (Wildman–Crippen MR) is 45.3 cm³/mol. The molecule has 0 aliphatic heterocycles. The van der Waals surface area contributed by atoms with Crippen molar-refractivity contribution in [2.75, 3.05) is 27.2 Å². The smallest absolute Gasteiger partial charge is 0.316 e. The van der Waals surface area contributed by atoms with Crippen LogP contribution in [-0.4, -0.2) is 38.1 Å². The maximum atomic E-state index is 10.9. The monoisotopic (exact) mass is 159 g/mol. The molecule has 0 saturated heterocycles. The summed E-state index contributed by atoms with van der Waals surface area (Å²) in [6, 6.07) is -0.0645. The highest BCUT2D eigenvalue weighted by Gasteiger charge is 2.08. The van der Waals surface area contributed by atoms with E-state index in [1.807, 2.05) is 6.92 Å². The van der Waals surface area contributed by atoms with Gasteiger partial charge in [0.15, 0.2) is 0 Å². The van der Waals surface area contributed by atoms with Crippen molar-refractivity contribution in [3.8, 4) is 0 Å². The molecule has 4 nitrogen and oxygen atoms in total. The molecule has 2 amide bonds. The Bertz CT molecular complexity index is 127. The van der Waals surface area contributed by atoms with Crippen LogP contribution in [-0.2, 0) is 0 Å². The average molecular weight is 159 g/mol. The van der Waals surface area contributed by atoms with Gasteiger partial charge >= 0.3 is 6.03 Å². The van der Waals surface area contributed by atoms with E-state index in [2.05, 4.69) is 5.32 Å². The second-order valence-electron chi connectivity index (χ2n) is 2.78. The largest absolute Gasteiger partial charge is 0.341 e. The molecule has 0 spiro atoms. The van der Waals surface area contributed by atoms with Gasteiger partial charge < -0.3 is 16.0 Å². The molecular weight excluding hydrogens is 142 g/mol. The lowest BCUT2D eigenvalue weighted by Gasteiger charge is -2.19. The van der Waals surface area contributed by atoms with Gasteiger partial charge in [-0.15, -0.1) is 0 Å². The summed E-state index contributed by atoms with van der Waals surface area (Å²) in [5, 5.41) is 2.54. The average Bonchev–Trinajstić information content (AvgIpc) is 2.02. The van der Waals surface area contributed by atoms with E-state index in [9.17, 15) is 4.79 Å².